The standard InChI is InChI=1S/C11H19N5O4S/c1-11(2,3)20-10(17)14-6-8-15(9-7-14)21(18,19)16-5-4-12-13-16/h4-5H,6-9H2,1-3H3. The fourth-order valence-electron chi connectivity index (χ4n) is 1.87. The fourth-order valence-corrected chi connectivity index (χ4v) is 3.07. The molecule has 10 heteroatoms. The predicted molar refractivity (Wildman–Crippen MR) is 73.7 cm³/mol. The summed E-state index contributed by atoms with van der Waals surface area (Å²) >= 11 is 0. The molecular weight excluding hydrogens is 298 g/mol. The van der Waals surface area contributed by atoms with Crippen LogP contribution in [0.5, 0.6) is 0 Å². The molecule has 0 unspecified atom stereocenters. The van der Waals surface area contributed by atoms with Crippen LogP contribution in [0.2, 0.25) is 0 Å². The Bertz CT molecular complexity index is 585. The molecule has 0 spiro atoms. The molecule has 0 aromatic carbocycles. The molecule has 1 aliphatic rings. The third-order valence-electron chi connectivity index (χ3n) is 2.85. The van der Waals surface area contributed by atoms with E-state index in [1.807, 2.05) is 0 Å². The van der Waals surface area contributed by atoms with Gasteiger partial charge >= 0.3 is 16.3 Å². The molecule has 1 aromatic heterocycles. The van der Waals surface area contributed by atoms with Crippen molar-refractivity contribution in [3.8, 4) is 0 Å². The minimum atomic E-state index is -3.71. The lowest BCUT2D eigenvalue weighted by Crippen LogP contribution is -2.52. The summed E-state index contributed by atoms with van der Waals surface area (Å²) in [5, 5.41) is 6.99. The van der Waals surface area contributed by atoms with Gasteiger partial charge in [-0.3, -0.25) is 0 Å². The SMILES string of the molecule is CC(C)(C)OC(=O)N1CCN(S(=O)(=O)n2ccnn2)CC1. The van der Waals surface area contributed by atoms with Crippen LogP contribution in [0, 0.1) is 0 Å². The van der Waals surface area contributed by atoms with E-state index in [2.05, 4.69) is 10.3 Å². The normalized spacial score (nSPS) is 17.8. The molecule has 1 aromatic rings. The van der Waals surface area contributed by atoms with Crippen LogP contribution in [-0.2, 0) is 14.9 Å². The molecule has 1 fully saturated rings. The molecule has 0 saturated carbocycles. The number of rotatable bonds is 2. The molecule has 2 rings (SSSR count). The second-order valence-corrected chi connectivity index (χ2v) is 7.44. The smallest absolute Gasteiger partial charge is 0.410 e. The van der Waals surface area contributed by atoms with Gasteiger partial charge in [-0.05, 0) is 20.8 Å². The van der Waals surface area contributed by atoms with E-state index in [0.717, 1.165) is 4.09 Å². The third-order valence-corrected chi connectivity index (χ3v) is 4.54. The summed E-state index contributed by atoms with van der Waals surface area (Å²) in [6.07, 6.45) is 2.14. The summed E-state index contributed by atoms with van der Waals surface area (Å²) in [6.45, 7) is 6.32. The molecule has 1 amide bonds. The number of carbonyl (C=O) groups is 1. The second-order valence-electron chi connectivity index (χ2n) is 5.65. The molecule has 1 saturated heterocycles. The van der Waals surface area contributed by atoms with Crippen LogP contribution in [0.1, 0.15) is 20.8 Å². The molecule has 0 radical (unpaired) electrons. The Labute approximate surface area is 123 Å². The number of ether oxygens (including phenoxy) is 1. The van der Waals surface area contributed by atoms with Crippen molar-refractivity contribution in [3.63, 3.8) is 0 Å². The lowest BCUT2D eigenvalue weighted by atomic mass is 10.2. The van der Waals surface area contributed by atoms with Gasteiger partial charge in [0.2, 0.25) is 0 Å². The van der Waals surface area contributed by atoms with E-state index in [9.17, 15) is 13.2 Å². The van der Waals surface area contributed by atoms with E-state index in [1.54, 1.807) is 20.8 Å². The average molecular weight is 317 g/mol. The van der Waals surface area contributed by atoms with Crippen LogP contribution >= 0.6 is 0 Å². The lowest BCUT2D eigenvalue weighted by molar-refractivity contribution is 0.0192. The predicted octanol–water partition coefficient (Wildman–Crippen LogP) is -0.0763. The number of aromatic nitrogens is 3. The van der Waals surface area contributed by atoms with E-state index in [1.165, 1.54) is 21.6 Å². The van der Waals surface area contributed by atoms with Crippen molar-refractivity contribution in [2.75, 3.05) is 26.2 Å². The topological polar surface area (TPSA) is 97.6 Å². The van der Waals surface area contributed by atoms with E-state index >= 15 is 0 Å². The van der Waals surface area contributed by atoms with Crippen LogP contribution < -0.4 is 0 Å². The van der Waals surface area contributed by atoms with Gasteiger partial charge in [-0.25, -0.2) is 4.79 Å². The van der Waals surface area contributed by atoms with Gasteiger partial charge in [-0.2, -0.15) is 12.7 Å². The van der Waals surface area contributed by atoms with Crippen molar-refractivity contribution in [1.82, 2.24) is 23.6 Å². The summed E-state index contributed by atoms with van der Waals surface area (Å²) in [7, 11) is -3.71. The van der Waals surface area contributed by atoms with Gasteiger partial charge in [0.05, 0.1) is 12.4 Å². The zero-order chi connectivity index (χ0) is 15.7. The van der Waals surface area contributed by atoms with Crippen LogP contribution in [0.15, 0.2) is 12.4 Å². The second kappa shape index (κ2) is 5.60. The average Bonchev–Trinajstić information content (AvgIpc) is 2.91. The Kier molecular flexibility index (Phi) is 4.19. The first kappa shape index (κ1) is 15.7. The van der Waals surface area contributed by atoms with Gasteiger partial charge in [-0.1, -0.05) is 5.21 Å². The van der Waals surface area contributed by atoms with Crippen LogP contribution in [0.25, 0.3) is 0 Å². The third kappa shape index (κ3) is 3.70. The number of nitrogens with zero attached hydrogens (tertiary/aromatic N) is 5. The van der Waals surface area contributed by atoms with Crippen molar-refractivity contribution in [3.05, 3.63) is 12.4 Å². The first-order valence-corrected chi connectivity index (χ1v) is 7.95. The quantitative estimate of drug-likeness (QED) is 0.757. The Balaban J connectivity index is 1.96. The summed E-state index contributed by atoms with van der Waals surface area (Å²) < 4.78 is 31.8. The molecule has 2 heterocycles. The zero-order valence-electron chi connectivity index (χ0n) is 12.3. The molecule has 0 N–H and O–H groups in total. The van der Waals surface area contributed by atoms with E-state index in [4.69, 9.17) is 4.74 Å². The zero-order valence-corrected chi connectivity index (χ0v) is 13.1. The first-order valence-electron chi connectivity index (χ1n) is 6.55. The maximum atomic E-state index is 12.2. The highest BCUT2D eigenvalue weighted by Crippen LogP contribution is 2.13. The van der Waals surface area contributed by atoms with Crippen molar-refractivity contribution < 1.29 is 17.9 Å². The van der Waals surface area contributed by atoms with Gasteiger partial charge < -0.3 is 9.64 Å². The highest BCUT2D eigenvalue weighted by molar-refractivity contribution is 7.87. The maximum Gasteiger partial charge on any atom is 0.410 e. The van der Waals surface area contributed by atoms with Gasteiger partial charge in [0.25, 0.3) is 0 Å². The van der Waals surface area contributed by atoms with Crippen LogP contribution in [-0.4, -0.2) is 69.9 Å². The summed E-state index contributed by atoms with van der Waals surface area (Å²) in [5.41, 5.74) is -0.568. The highest BCUT2D eigenvalue weighted by atomic mass is 32.2. The molecule has 0 aliphatic carbocycles. The molecule has 118 valence electrons. The molecule has 21 heavy (non-hydrogen) atoms. The Hall–Kier alpha value is -1.68. The van der Waals surface area contributed by atoms with Crippen molar-refractivity contribution in [2.45, 2.75) is 26.4 Å². The monoisotopic (exact) mass is 317 g/mol. The van der Waals surface area contributed by atoms with Crippen molar-refractivity contribution >= 4 is 16.3 Å². The number of amides is 1. The minimum absolute atomic E-state index is 0.196. The van der Waals surface area contributed by atoms with Gasteiger partial charge in [0.1, 0.15) is 5.60 Å². The number of hydrogen-bond donors (Lipinski definition) is 0. The van der Waals surface area contributed by atoms with Gasteiger partial charge in [0, 0.05) is 26.2 Å². The Morgan fingerprint density at radius 2 is 1.81 bits per heavy atom. The van der Waals surface area contributed by atoms with Gasteiger partial charge in [0.15, 0.2) is 0 Å². The van der Waals surface area contributed by atoms with Crippen LogP contribution in [0.3, 0.4) is 0 Å². The molecule has 0 atom stereocenters. The number of hydrogen-bond acceptors (Lipinski definition) is 6. The Morgan fingerprint density at radius 1 is 1.19 bits per heavy atom. The molecule has 0 bridgehead atoms. The van der Waals surface area contributed by atoms with Crippen molar-refractivity contribution in [1.29, 1.82) is 0 Å². The first-order chi connectivity index (χ1) is 9.70. The lowest BCUT2D eigenvalue weighted by Gasteiger charge is -2.34. The summed E-state index contributed by atoms with van der Waals surface area (Å²) in [5.74, 6) is 0. The van der Waals surface area contributed by atoms with E-state index in [-0.39, 0.29) is 26.2 Å². The van der Waals surface area contributed by atoms with Crippen LogP contribution in [0.4, 0.5) is 4.79 Å². The van der Waals surface area contributed by atoms with E-state index < -0.39 is 21.9 Å². The molecule has 9 nitrogen and oxygen atoms in total. The number of piperazine rings is 1. The minimum Gasteiger partial charge on any atom is -0.444 e. The largest absolute Gasteiger partial charge is 0.444 e. The molecule has 1 aliphatic heterocycles. The maximum absolute atomic E-state index is 12.2. The van der Waals surface area contributed by atoms with Gasteiger partial charge in [-0.15, -0.1) is 9.19 Å². The molecular formula is C11H19N5O4S. The number of carbonyl (C=O) groups excluding carboxylic acids is 1. The van der Waals surface area contributed by atoms with E-state index in [0.29, 0.717) is 0 Å². The highest BCUT2D eigenvalue weighted by Gasteiger charge is 2.32. The summed E-state index contributed by atoms with van der Waals surface area (Å²) in [4.78, 5) is 13.4. The summed E-state index contributed by atoms with van der Waals surface area (Å²) in [6, 6.07) is 0. The van der Waals surface area contributed by atoms with Crippen molar-refractivity contribution in [2.24, 2.45) is 0 Å². The Morgan fingerprint density at radius 3 is 2.29 bits per heavy atom. The fraction of sp³-hybridized carbons (Fsp3) is 0.727.